The number of rotatable bonds is 6. The second kappa shape index (κ2) is 12.2. The molecule has 8 rings (SSSR count). The van der Waals surface area contributed by atoms with Crippen molar-refractivity contribution in [3.8, 4) is 21.9 Å². The van der Waals surface area contributed by atoms with E-state index in [1.807, 2.05) is 23.1 Å². The van der Waals surface area contributed by atoms with Gasteiger partial charge >= 0.3 is 0 Å². The molecule has 2 amide bonds. The predicted molar refractivity (Wildman–Crippen MR) is 171 cm³/mol. The molecule has 2 atom stereocenters. The van der Waals surface area contributed by atoms with Gasteiger partial charge in [-0.25, -0.2) is 4.39 Å². The van der Waals surface area contributed by atoms with E-state index in [4.69, 9.17) is 15.1 Å². The van der Waals surface area contributed by atoms with E-state index < -0.39 is 5.91 Å². The Kier molecular flexibility index (Phi) is 7.95. The molecule has 2 aliphatic heterocycles. The van der Waals surface area contributed by atoms with Crippen molar-refractivity contribution in [2.75, 3.05) is 6.54 Å². The Bertz CT molecular complexity index is 1950. The monoisotopic (exact) mass is 637 g/mol. The molecule has 0 bridgehead atoms. The largest absolute Gasteiger partial charge is 0.421 e. The molecule has 11 heteroatoms. The summed E-state index contributed by atoms with van der Waals surface area (Å²) in [4.78, 5) is 33.5. The van der Waals surface area contributed by atoms with E-state index in [2.05, 4.69) is 16.3 Å². The first kappa shape index (κ1) is 29.9. The van der Waals surface area contributed by atoms with Gasteiger partial charge in [-0.05, 0) is 79.5 Å². The Labute approximate surface area is 268 Å². The van der Waals surface area contributed by atoms with Crippen LogP contribution in [-0.4, -0.2) is 43.5 Å². The standard InChI is InChI=1S/C26H22FN5O3S.C9H10O/c1-13-30-31-25(35-13)20-16(9-6-14-4-7-15(27)8-5-14)29-23-17-3-2-12-32(17)26(34)22(23)21(20)18-10-11-19(36-18)24(28)33;10-9-6-5-7-3-1-2-4-8(7)9/h4-5,7-8,10-11,17H,2-3,6,9,12H2,1H3,(H2,28,33);1-4,9-10H,5-6H2. The van der Waals surface area contributed by atoms with Crippen LogP contribution >= 0.6 is 11.3 Å². The van der Waals surface area contributed by atoms with Crippen molar-refractivity contribution in [1.29, 1.82) is 0 Å². The summed E-state index contributed by atoms with van der Waals surface area (Å²) in [5.74, 6) is -0.249. The van der Waals surface area contributed by atoms with Gasteiger partial charge in [0.25, 0.3) is 11.8 Å². The van der Waals surface area contributed by atoms with E-state index in [0.29, 0.717) is 57.4 Å². The molecule has 0 spiro atoms. The van der Waals surface area contributed by atoms with Gasteiger partial charge in [-0.3, -0.25) is 14.6 Å². The Morgan fingerprint density at radius 3 is 2.57 bits per heavy atom. The van der Waals surface area contributed by atoms with Crippen molar-refractivity contribution in [2.45, 2.75) is 57.6 Å². The third-order valence-corrected chi connectivity index (χ3v) is 9.96. The summed E-state index contributed by atoms with van der Waals surface area (Å²) < 4.78 is 19.3. The normalized spacial score (nSPS) is 17.8. The zero-order valence-electron chi connectivity index (χ0n) is 25.2. The number of amides is 2. The van der Waals surface area contributed by atoms with Crippen molar-refractivity contribution in [3.05, 3.63) is 111 Å². The summed E-state index contributed by atoms with van der Waals surface area (Å²) in [6, 6.07) is 17.9. The Morgan fingerprint density at radius 1 is 1.04 bits per heavy atom. The minimum atomic E-state index is -0.532. The van der Waals surface area contributed by atoms with E-state index >= 15 is 0 Å². The Hall–Kier alpha value is -4.74. The number of thiophene rings is 1. The topological polar surface area (TPSA) is 135 Å². The fraction of sp³-hybridized carbons (Fsp3) is 0.286. The molecule has 5 aromatic rings. The van der Waals surface area contributed by atoms with Gasteiger partial charge in [0.2, 0.25) is 11.8 Å². The first-order chi connectivity index (χ1) is 22.3. The number of benzene rings is 2. The first-order valence-electron chi connectivity index (χ1n) is 15.4. The highest BCUT2D eigenvalue weighted by molar-refractivity contribution is 7.17. The molecule has 1 aliphatic carbocycles. The molecule has 5 heterocycles. The molecule has 3 aliphatic rings. The number of primary amides is 1. The van der Waals surface area contributed by atoms with Gasteiger partial charge < -0.3 is 20.2 Å². The van der Waals surface area contributed by atoms with Gasteiger partial charge in [-0.2, -0.15) is 0 Å². The third kappa shape index (κ3) is 5.50. The van der Waals surface area contributed by atoms with E-state index in [0.717, 1.165) is 42.5 Å². The summed E-state index contributed by atoms with van der Waals surface area (Å²) in [6.07, 6.45) is 4.63. The van der Waals surface area contributed by atoms with Crippen LogP contribution < -0.4 is 5.73 Å². The predicted octanol–water partition coefficient (Wildman–Crippen LogP) is 6.15. The molecule has 9 nitrogen and oxygen atoms in total. The van der Waals surface area contributed by atoms with Crippen molar-refractivity contribution in [1.82, 2.24) is 20.1 Å². The average Bonchev–Trinajstić information content (AvgIpc) is 3.89. The van der Waals surface area contributed by atoms with Gasteiger partial charge in [0.15, 0.2) is 0 Å². The lowest BCUT2D eigenvalue weighted by atomic mass is 9.93. The number of aliphatic hydroxyl groups is 1. The van der Waals surface area contributed by atoms with Crippen LogP contribution in [0.5, 0.6) is 0 Å². The van der Waals surface area contributed by atoms with Crippen molar-refractivity contribution >= 4 is 23.2 Å². The highest BCUT2D eigenvalue weighted by Crippen LogP contribution is 2.49. The highest BCUT2D eigenvalue weighted by Gasteiger charge is 2.44. The lowest BCUT2D eigenvalue weighted by Gasteiger charge is -2.16. The molecule has 0 saturated carbocycles. The number of nitrogens with zero attached hydrogens (tertiary/aromatic N) is 4. The van der Waals surface area contributed by atoms with Crippen LogP contribution in [0.3, 0.4) is 0 Å². The number of aryl methyl sites for hydroxylation is 4. The lowest BCUT2D eigenvalue weighted by molar-refractivity contribution is 0.0776. The van der Waals surface area contributed by atoms with Crippen molar-refractivity contribution in [2.24, 2.45) is 5.73 Å². The Morgan fingerprint density at radius 2 is 1.85 bits per heavy atom. The van der Waals surface area contributed by atoms with Crippen LogP contribution in [0.1, 0.15) is 85.4 Å². The number of hydrogen-bond acceptors (Lipinski definition) is 8. The van der Waals surface area contributed by atoms with Crippen molar-refractivity contribution in [3.63, 3.8) is 0 Å². The fourth-order valence-corrected chi connectivity index (χ4v) is 7.57. The lowest BCUT2D eigenvalue weighted by Crippen LogP contribution is -2.22. The minimum absolute atomic E-state index is 0.0772. The van der Waals surface area contributed by atoms with Crippen molar-refractivity contribution < 1.29 is 23.5 Å². The maximum absolute atomic E-state index is 13.6. The number of aromatic nitrogens is 3. The summed E-state index contributed by atoms with van der Waals surface area (Å²) in [5, 5.41) is 17.7. The molecule has 1 saturated heterocycles. The van der Waals surface area contributed by atoms with E-state index in [9.17, 15) is 19.1 Å². The highest BCUT2D eigenvalue weighted by atomic mass is 32.1. The molecule has 46 heavy (non-hydrogen) atoms. The zero-order chi connectivity index (χ0) is 31.9. The molecule has 1 fully saturated rings. The zero-order valence-corrected chi connectivity index (χ0v) is 26.0. The summed E-state index contributed by atoms with van der Waals surface area (Å²) in [7, 11) is 0. The molecule has 3 N–H and O–H groups in total. The summed E-state index contributed by atoms with van der Waals surface area (Å²) in [6.45, 7) is 2.38. The van der Waals surface area contributed by atoms with E-state index in [1.54, 1.807) is 31.2 Å². The fourth-order valence-electron chi connectivity index (χ4n) is 6.66. The summed E-state index contributed by atoms with van der Waals surface area (Å²) in [5.41, 5.74) is 12.2. The van der Waals surface area contributed by atoms with Gasteiger partial charge in [0.05, 0.1) is 39.5 Å². The minimum Gasteiger partial charge on any atom is -0.421 e. The first-order valence-corrected chi connectivity index (χ1v) is 16.2. The molecule has 234 valence electrons. The third-order valence-electron chi connectivity index (χ3n) is 8.84. The number of pyridine rings is 1. The van der Waals surface area contributed by atoms with Crippen LogP contribution in [0, 0.1) is 12.7 Å². The number of aliphatic hydroxyl groups excluding tert-OH is 1. The van der Waals surface area contributed by atoms with Crippen LogP contribution in [0.4, 0.5) is 4.39 Å². The van der Waals surface area contributed by atoms with Gasteiger partial charge in [0, 0.05) is 23.9 Å². The maximum atomic E-state index is 13.6. The number of carbonyl (C=O) groups excluding carboxylic acids is 2. The van der Waals surface area contributed by atoms with Crippen LogP contribution in [-0.2, 0) is 19.3 Å². The second-order valence-corrected chi connectivity index (χ2v) is 12.8. The van der Waals surface area contributed by atoms with Gasteiger partial charge in [0.1, 0.15) is 5.82 Å². The quantitative estimate of drug-likeness (QED) is 0.228. The number of nitrogens with two attached hydrogens (primary N) is 1. The second-order valence-electron chi connectivity index (χ2n) is 11.8. The number of carbonyl (C=O) groups is 2. The Balaban J connectivity index is 0.000000286. The van der Waals surface area contributed by atoms with Crippen LogP contribution in [0.2, 0.25) is 0 Å². The number of hydrogen-bond donors (Lipinski definition) is 2. The molecule has 2 unspecified atom stereocenters. The molecule has 3 aromatic heterocycles. The maximum Gasteiger partial charge on any atom is 0.258 e. The average molecular weight is 638 g/mol. The number of fused-ring (bicyclic) bond motifs is 4. The summed E-state index contributed by atoms with van der Waals surface area (Å²) >= 11 is 1.23. The molecule has 0 radical (unpaired) electrons. The van der Waals surface area contributed by atoms with Gasteiger partial charge in [-0.15, -0.1) is 21.5 Å². The van der Waals surface area contributed by atoms with E-state index in [1.165, 1.54) is 29.0 Å². The smallest absolute Gasteiger partial charge is 0.258 e. The van der Waals surface area contributed by atoms with Crippen LogP contribution in [0.15, 0.2) is 65.1 Å². The SMILES string of the molecule is Cc1nnc(-c2c(CCc3ccc(F)cc3)nc3c(c2-c2ccc(C(N)=O)s2)C(=O)N2CCCC32)o1.OC1CCc2ccccc21. The molecular formula is C35H32FN5O4S. The number of halogens is 1. The van der Waals surface area contributed by atoms with Gasteiger partial charge in [-0.1, -0.05) is 36.4 Å². The molecular weight excluding hydrogens is 605 g/mol. The molecule has 2 aromatic carbocycles. The van der Waals surface area contributed by atoms with E-state index in [-0.39, 0.29) is 29.8 Å². The van der Waals surface area contributed by atoms with Crippen LogP contribution in [0.25, 0.3) is 21.9 Å².